The van der Waals surface area contributed by atoms with Crippen LogP contribution in [-0.4, -0.2) is 31.2 Å². The summed E-state index contributed by atoms with van der Waals surface area (Å²) in [5, 5.41) is 0. The van der Waals surface area contributed by atoms with Gasteiger partial charge in [0.25, 0.3) is 0 Å². The predicted octanol–water partition coefficient (Wildman–Crippen LogP) is 2.04. The zero-order chi connectivity index (χ0) is 9.84. The molecular weight excluding hydrogens is 166 g/mol. The van der Waals surface area contributed by atoms with Gasteiger partial charge in [0.1, 0.15) is 0 Å². The van der Waals surface area contributed by atoms with Gasteiger partial charge in [-0.25, -0.2) is 4.79 Å². The molecular formula is C10H17NO2. The second-order valence-corrected chi connectivity index (χ2v) is 3.60. The summed E-state index contributed by atoms with van der Waals surface area (Å²) in [4.78, 5) is 12.8. The normalized spacial score (nSPS) is 17.2. The maximum Gasteiger partial charge on any atom is 0.409 e. The molecule has 0 radical (unpaired) electrons. The number of hydrogen-bond acceptors (Lipinski definition) is 2. The highest BCUT2D eigenvalue weighted by molar-refractivity contribution is 5.67. The van der Waals surface area contributed by atoms with Crippen LogP contribution < -0.4 is 0 Å². The van der Waals surface area contributed by atoms with Crippen LogP contribution in [-0.2, 0) is 4.74 Å². The zero-order valence-electron chi connectivity index (χ0n) is 8.54. The Morgan fingerprint density at radius 1 is 1.62 bits per heavy atom. The standard InChI is InChI=1S/C10H17NO2/c1-8(2)9-4-6-11(7-5-9)10(12)13-3/h4,8H,5-7H2,1-3H3. The van der Waals surface area contributed by atoms with Crippen LogP contribution in [0.5, 0.6) is 0 Å². The van der Waals surface area contributed by atoms with E-state index in [4.69, 9.17) is 0 Å². The van der Waals surface area contributed by atoms with Crippen molar-refractivity contribution in [3.05, 3.63) is 11.6 Å². The van der Waals surface area contributed by atoms with Crippen LogP contribution >= 0.6 is 0 Å². The van der Waals surface area contributed by atoms with Gasteiger partial charge in [0, 0.05) is 13.1 Å². The van der Waals surface area contributed by atoms with E-state index in [1.54, 1.807) is 4.90 Å². The minimum absolute atomic E-state index is 0.223. The van der Waals surface area contributed by atoms with E-state index in [1.807, 2.05) is 0 Å². The predicted molar refractivity (Wildman–Crippen MR) is 51.5 cm³/mol. The monoisotopic (exact) mass is 183 g/mol. The number of hydrogen-bond donors (Lipinski definition) is 0. The van der Waals surface area contributed by atoms with Crippen LogP contribution in [0.2, 0.25) is 0 Å². The van der Waals surface area contributed by atoms with E-state index in [-0.39, 0.29) is 6.09 Å². The van der Waals surface area contributed by atoms with Gasteiger partial charge in [0.15, 0.2) is 0 Å². The van der Waals surface area contributed by atoms with Gasteiger partial charge in [-0.2, -0.15) is 0 Å². The molecule has 1 rings (SSSR count). The molecule has 3 heteroatoms. The van der Waals surface area contributed by atoms with Crippen LogP contribution in [0.1, 0.15) is 20.3 Å². The Morgan fingerprint density at radius 2 is 2.31 bits per heavy atom. The third-order valence-corrected chi connectivity index (χ3v) is 2.42. The molecule has 0 fully saturated rings. The van der Waals surface area contributed by atoms with Crippen LogP contribution in [0, 0.1) is 5.92 Å². The molecule has 0 aliphatic carbocycles. The lowest BCUT2D eigenvalue weighted by atomic mass is 9.97. The topological polar surface area (TPSA) is 29.5 Å². The number of ether oxygens (including phenoxy) is 1. The largest absolute Gasteiger partial charge is 0.453 e. The van der Waals surface area contributed by atoms with Gasteiger partial charge in [0.05, 0.1) is 7.11 Å². The molecule has 74 valence electrons. The van der Waals surface area contributed by atoms with Crippen molar-refractivity contribution < 1.29 is 9.53 Å². The maximum absolute atomic E-state index is 11.1. The Hall–Kier alpha value is -0.990. The van der Waals surface area contributed by atoms with Crippen LogP contribution in [0.4, 0.5) is 4.79 Å². The van der Waals surface area contributed by atoms with E-state index in [9.17, 15) is 4.79 Å². The first-order chi connectivity index (χ1) is 6.15. The van der Waals surface area contributed by atoms with Crippen LogP contribution in [0.3, 0.4) is 0 Å². The minimum atomic E-state index is -0.223. The molecule has 0 unspecified atom stereocenters. The molecule has 0 N–H and O–H groups in total. The summed E-state index contributed by atoms with van der Waals surface area (Å²) in [5.41, 5.74) is 1.44. The summed E-state index contributed by atoms with van der Waals surface area (Å²) in [5.74, 6) is 0.597. The van der Waals surface area contributed by atoms with Crippen LogP contribution in [0.15, 0.2) is 11.6 Å². The minimum Gasteiger partial charge on any atom is -0.453 e. The first-order valence-corrected chi connectivity index (χ1v) is 4.67. The first-order valence-electron chi connectivity index (χ1n) is 4.67. The third-order valence-electron chi connectivity index (χ3n) is 2.42. The van der Waals surface area contributed by atoms with Crippen molar-refractivity contribution in [1.82, 2.24) is 4.90 Å². The van der Waals surface area contributed by atoms with E-state index >= 15 is 0 Å². The smallest absolute Gasteiger partial charge is 0.409 e. The Balaban J connectivity index is 2.51. The molecule has 0 aromatic rings. The fraction of sp³-hybridized carbons (Fsp3) is 0.700. The highest BCUT2D eigenvalue weighted by Gasteiger charge is 2.18. The molecule has 0 bridgehead atoms. The Morgan fingerprint density at radius 3 is 2.69 bits per heavy atom. The lowest BCUT2D eigenvalue weighted by Gasteiger charge is -2.26. The number of methoxy groups -OCH3 is 1. The number of rotatable bonds is 1. The van der Waals surface area contributed by atoms with Gasteiger partial charge in [0.2, 0.25) is 0 Å². The quantitative estimate of drug-likeness (QED) is 0.582. The van der Waals surface area contributed by atoms with Crippen molar-refractivity contribution in [3.63, 3.8) is 0 Å². The lowest BCUT2D eigenvalue weighted by Crippen LogP contribution is -2.35. The molecule has 0 saturated carbocycles. The Labute approximate surface area is 79.4 Å². The molecule has 0 atom stereocenters. The molecule has 1 heterocycles. The third kappa shape index (κ3) is 2.47. The molecule has 1 amide bonds. The van der Waals surface area contributed by atoms with Gasteiger partial charge < -0.3 is 9.64 Å². The summed E-state index contributed by atoms with van der Waals surface area (Å²) in [6, 6.07) is 0. The molecule has 13 heavy (non-hydrogen) atoms. The second kappa shape index (κ2) is 4.30. The average Bonchev–Trinajstić information content (AvgIpc) is 2.17. The van der Waals surface area contributed by atoms with Crippen molar-refractivity contribution in [2.24, 2.45) is 5.92 Å². The van der Waals surface area contributed by atoms with Crippen LogP contribution in [0.25, 0.3) is 0 Å². The molecule has 0 aromatic carbocycles. The molecule has 0 saturated heterocycles. The summed E-state index contributed by atoms with van der Waals surface area (Å²) < 4.78 is 4.64. The fourth-order valence-corrected chi connectivity index (χ4v) is 1.50. The SMILES string of the molecule is COC(=O)N1CC=C(C(C)C)CC1. The van der Waals surface area contributed by atoms with Gasteiger partial charge >= 0.3 is 6.09 Å². The first kappa shape index (κ1) is 10.1. The van der Waals surface area contributed by atoms with Crippen molar-refractivity contribution in [2.75, 3.05) is 20.2 Å². The average molecular weight is 183 g/mol. The summed E-state index contributed by atoms with van der Waals surface area (Å²) in [7, 11) is 1.42. The summed E-state index contributed by atoms with van der Waals surface area (Å²) in [6.45, 7) is 5.84. The number of carbonyl (C=O) groups is 1. The molecule has 1 aliphatic rings. The van der Waals surface area contributed by atoms with Gasteiger partial charge in [-0.15, -0.1) is 0 Å². The van der Waals surface area contributed by atoms with Crippen molar-refractivity contribution >= 4 is 6.09 Å². The number of amides is 1. The Kier molecular flexibility index (Phi) is 3.34. The zero-order valence-corrected chi connectivity index (χ0v) is 8.54. The van der Waals surface area contributed by atoms with E-state index < -0.39 is 0 Å². The van der Waals surface area contributed by atoms with Crippen molar-refractivity contribution in [3.8, 4) is 0 Å². The van der Waals surface area contributed by atoms with Gasteiger partial charge in [-0.05, 0) is 12.3 Å². The lowest BCUT2D eigenvalue weighted by molar-refractivity contribution is 0.126. The van der Waals surface area contributed by atoms with Crippen molar-refractivity contribution in [1.29, 1.82) is 0 Å². The van der Waals surface area contributed by atoms with E-state index in [1.165, 1.54) is 12.7 Å². The number of carbonyl (C=O) groups excluding carboxylic acids is 1. The Bertz CT molecular complexity index is 221. The van der Waals surface area contributed by atoms with Gasteiger partial charge in [-0.1, -0.05) is 25.5 Å². The highest BCUT2D eigenvalue weighted by Crippen LogP contribution is 2.18. The van der Waals surface area contributed by atoms with Gasteiger partial charge in [-0.3, -0.25) is 0 Å². The maximum atomic E-state index is 11.1. The fourth-order valence-electron chi connectivity index (χ4n) is 1.50. The molecule has 0 aromatic heterocycles. The van der Waals surface area contributed by atoms with E-state index in [0.29, 0.717) is 12.5 Å². The number of nitrogens with zero attached hydrogens (tertiary/aromatic N) is 1. The van der Waals surface area contributed by atoms with E-state index in [2.05, 4.69) is 24.7 Å². The highest BCUT2D eigenvalue weighted by atomic mass is 16.5. The summed E-state index contributed by atoms with van der Waals surface area (Å²) in [6.07, 6.45) is 2.89. The van der Waals surface area contributed by atoms with Crippen molar-refractivity contribution in [2.45, 2.75) is 20.3 Å². The molecule has 0 spiro atoms. The van der Waals surface area contributed by atoms with E-state index in [0.717, 1.165) is 13.0 Å². The summed E-state index contributed by atoms with van der Waals surface area (Å²) >= 11 is 0. The molecule has 3 nitrogen and oxygen atoms in total. The molecule has 1 aliphatic heterocycles. The second-order valence-electron chi connectivity index (χ2n) is 3.60.